The van der Waals surface area contributed by atoms with Crippen molar-refractivity contribution in [1.82, 2.24) is 4.90 Å². The van der Waals surface area contributed by atoms with Crippen LogP contribution in [0.4, 0.5) is 15.8 Å². The SMILES string of the molecule is Cc1cccc(N2CCN(C(=S)Nc3ccc(Cl)c(F)c3)CC2)c1C. The van der Waals surface area contributed by atoms with Crippen molar-refractivity contribution in [3.8, 4) is 0 Å². The fraction of sp³-hybridized carbons (Fsp3) is 0.316. The van der Waals surface area contributed by atoms with Gasteiger partial charge >= 0.3 is 0 Å². The number of nitrogens with one attached hydrogen (secondary N) is 1. The van der Waals surface area contributed by atoms with Gasteiger partial charge in [-0.25, -0.2) is 4.39 Å². The number of piperazine rings is 1. The summed E-state index contributed by atoms with van der Waals surface area (Å²) < 4.78 is 13.5. The molecule has 6 heteroatoms. The topological polar surface area (TPSA) is 18.5 Å². The average Bonchev–Trinajstić information content (AvgIpc) is 2.61. The van der Waals surface area contributed by atoms with E-state index in [2.05, 4.69) is 47.2 Å². The summed E-state index contributed by atoms with van der Waals surface area (Å²) in [6.45, 7) is 7.77. The van der Waals surface area contributed by atoms with E-state index in [4.69, 9.17) is 23.8 Å². The fourth-order valence-electron chi connectivity index (χ4n) is 3.01. The second-order valence-corrected chi connectivity index (χ2v) is 7.05. The first-order chi connectivity index (χ1) is 12.0. The smallest absolute Gasteiger partial charge is 0.173 e. The molecule has 132 valence electrons. The number of benzene rings is 2. The lowest BCUT2D eigenvalue weighted by Gasteiger charge is -2.38. The van der Waals surface area contributed by atoms with E-state index in [1.165, 1.54) is 28.9 Å². The summed E-state index contributed by atoms with van der Waals surface area (Å²) in [7, 11) is 0. The number of aryl methyl sites for hydroxylation is 1. The Kier molecular flexibility index (Phi) is 5.45. The van der Waals surface area contributed by atoms with E-state index in [-0.39, 0.29) is 5.02 Å². The molecule has 3 rings (SSSR count). The van der Waals surface area contributed by atoms with Crippen molar-refractivity contribution in [2.24, 2.45) is 0 Å². The molecule has 25 heavy (non-hydrogen) atoms. The molecule has 3 nitrogen and oxygen atoms in total. The van der Waals surface area contributed by atoms with Crippen LogP contribution in [0.25, 0.3) is 0 Å². The van der Waals surface area contributed by atoms with E-state index < -0.39 is 5.82 Å². The molecule has 0 radical (unpaired) electrons. The van der Waals surface area contributed by atoms with Crippen LogP contribution in [0.3, 0.4) is 0 Å². The molecule has 0 saturated carbocycles. The molecule has 0 aromatic heterocycles. The monoisotopic (exact) mass is 377 g/mol. The van der Waals surface area contributed by atoms with E-state index in [0.29, 0.717) is 10.8 Å². The van der Waals surface area contributed by atoms with E-state index in [1.807, 2.05) is 0 Å². The molecule has 1 aliphatic rings. The van der Waals surface area contributed by atoms with E-state index in [1.54, 1.807) is 6.07 Å². The summed E-state index contributed by atoms with van der Waals surface area (Å²) in [6, 6.07) is 11.0. The number of hydrogen-bond donors (Lipinski definition) is 1. The molecule has 1 fully saturated rings. The first kappa shape index (κ1) is 18.0. The molecule has 2 aromatic carbocycles. The van der Waals surface area contributed by atoms with Crippen molar-refractivity contribution < 1.29 is 4.39 Å². The van der Waals surface area contributed by atoms with Gasteiger partial charge in [0.25, 0.3) is 0 Å². The minimum absolute atomic E-state index is 0.110. The summed E-state index contributed by atoms with van der Waals surface area (Å²) in [5.41, 5.74) is 4.54. The minimum atomic E-state index is -0.450. The number of nitrogens with zero attached hydrogens (tertiary/aromatic N) is 2. The summed E-state index contributed by atoms with van der Waals surface area (Å²) in [5.74, 6) is -0.450. The Labute approximate surface area is 158 Å². The first-order valence-electron chi connectivity index (χ1n) is 8.28. The second kappa shape index (κ2) is 7.58. The van der Waals surface area contributed by atoms with Crippen LogP contribution in [-0.4, -0.2) is 36.2 Å². The second-order valence-electron chi connectivity index (χ2n) is 6.25. The first-order valence-corrected chi connectivity index (χ1v) is 9.06. The molecule has 0 aliphatic carbocycles. The van der Waals surface area contributed by atoms with Crippen molar-refractivity contribution in [1.29, 1.82) is 0 Å². The van der Waals surface area contributed by atoms with Crippen LogP contribution in [-0.2, 0) is 0 Å². The standard InChI is InChI=1S/C19H21ClFN3S/c1-13-4-3-5-18(14(13)2)23-8-10-24(11-9-23)19(25)22-15-6-7-16(20)17(21)12-15/h3-7,12H,8-11H2,1-2H3,(H,22,25). The molecular weight excluding hydrogens is 357 g/mol. The quantitative estimate of drug-likeness (QED) is 0.769. The number of thiocarbonyl (C=S) groups is 1. The zero-order chi connectivity index (χ0) is 18.0. The highest BCUT2D eigenvalue weighted by Crippen LogP contribution is 2.24. The average molecular weight is 378 g/mol. The molecule has 1 heterocycles. The van der Waals surface area contributed by atoms with Crippen LogP contribution in [0.5, 0.6) is 0 Å². The minimum Gasteiger partial charge on any atom is -0.368 e. The fourth-order valence-corrected chi connectivity index (χ4v) is 3.42. The summed E-state index contributed by atoms with van der Waals surface area (Å²) >= 11 is 11.2. The van der Waals surface area contributed by atoms with E-state index >= 15 is 0 Å². The maximum absolute atomic E-state index is 13.5. The summed E-state index contributed by atoms with van der Waals surface area (Å²) in [6.07, 6.45) is 0. The van der Waals surface area contributed by atoms with Crippen molar-refractivity contribution >= 4 is 40.3 Å². The van der Waals surface area contributed by atoms with E-state index in [9.17, 15) is 4.39 Å². The Morgan fingerprint density at radius 3 is 2.52 bits per heavy atom. The largest absolute Gasteiger partial charge is 0.368 e. The molecule has 0 bridgehead atoms. The Hall–Kier alpha value is -1.85. The molecule has 0 unspecified atom stereocenters. The Morgan fingerprint density at radius 1 is 1.12 bits per heavy atom. The highest BCUT2D eigenvalue weighted by atomic mass is 35.5. The Bertz CT molecular complexity index is 788. The van der Waals surface area contributed by atoms with Crippen LogP contribution in [0.1, 0.15) is 11.1 Å². The molecule has 0 spiro atoms. The zero-order valence-corrected chi connectivity index (χ0v) is 15.9. The third-order valence-electron chi connectivity index (χ3n) is 4.65. The number of anilines is 2. The normalized spacial score (nSPS) is 14.6. The van der Waals surface area contributed by atoms with Crippen molar-refractivity contribution in [2.45, 2.75) is 13.8 Å². The van der Waals surface area contributed by atoms with Gasteiger partial charge in [-0.2, -0.15) is 0 Å². The predicted octanol–water partition coefficient (Wildman–Crippen LogP) is 4.61. The summed E-state index contributed by atoms with van der Waals surface area (Å²) in [5, 5.41) is 3.82. The zero-order valence-electron chi connectivity index (χ0n) is 14.4. The van der Waals surface area contributed by atoms with Gasteiger partial charge in [0, 0.05) is 37.6 Å². The van der Waals surface area contributed by atoms with Gasteiger partial charge < -0.3 is 15.1 Å². The van der Waals surface area contributed by atoms with Gasteiger partial charge in [0.2, 0.25) is 0 Å². The third-order valence-corrected chi connectivity index (χ3v) is 5.32. The predicted molar refractivity (Wildman–Crippen MR) is 107 cm³/mol. The lowest BCUT2D eigenvalue weighted by Crippen LogP contribution is -2.50. The van der Waals surface area contributed by atoms with Gasteiger partial charge in [0.05, 0.1) is 5.02 Å². The Morgan fingerprint density at radius 2 is 1.84 bits per heavy atom. The highest BCUT2D eigenvalue weighted by molar-refractivity contribution is 7.80. The lowest BCUT2D eigenvalue weighted by atomic mass is 10.1. The van der Waals surface area contributed by atoms with Crippen LogP contribution >= 0.6 is 23.8 Å². The van der Waals surface area contributed by atoms with Gasteiger partial charge in [0.1, 0.15) is 5.82 Å². The Balaban J connectivity index is 1.60. The number of hydrogen-bond acceptors (Lipinski definition) is 2. The highest BCUT2D eigenvalue weighted by Gasteiger charge is 2.20. The number of halogens is 2. The molecule has 0 atom stereocenters. The van der Waals surface area contributed by atoms with Gasteiger partial charge in [-0.1, -0.05) is 23.7 Å². The van der Waals surface area contributed by atoms with E-state index in [0.717, 1.165) is 26.2 Å². The maximum Gasteiger partial charge on any atom is 0.173 e. The van der Waals surface area contributed by atoms with Crippen LogP contribution in [0.15, 0.2) is 36.4 Å². The molecule has 0 amide bonds. The maximum atomic E-state index is 13.5. The van der Waals surface area contributed by atoms with Gasteiger partial charge in [-0.15, -0.1) is 0 Å². The van der Waals surface area contributed by atoms with Gasteiger partial charge in [-0.3, -0.25) is 0 Å². The molecule has 1 saturated heterocycles. The van der Waals surface area contributed by atoms with Gasteiger partial charge in [-0.05, 0) is 61.5 Å². The molecular formula is C19H21ClFN3S. The van der Waals surface area contributed by atoms with Crippen molar-refractivity contribution in [3.05, 3.63) is 58.4 Å². The summed E-state index contributed by atoms with van der Waals surface area (Å²) in [4.78, 5) is 4.51. The van der Waals surface area contributed by atoms with Gasteiger partial charge in [0.15, 0.2) is 5.11 Å². The van der Waals surface area contributed by atoms with Crippen LogP contribution in [0, 0.1) is 19.7 Å². The van der Waals surface area contributed by atoms with Crippen molar-refractivity contribution in [2.75, 3.05) is 36.4 Å². The lowest BCUT2D eigenvalue weighted by molar-refractivity contribution is 0.390. The van der Waals surface area contributed by atoms with Crippen LogP contribution in [0.2, 0.25) is 5.02 Å². The van der Waals surface area contributed by atoms with Crippen LogP contribution < -0.4 is 10.2 Å². The number of rotatable bonds is 2. The van der Waals surface area contributed by atoms with Crippen molar-refractivity contribution in [3.63, 3.8) is 0 Å². The molecule has 1 aliphatic heterocycles. The third kappa shape index (κ3) is 4.05. The molecule has 2 aromatic rings. The molecule has 1 N–H and O–H groups in total.